The average molecular weight is 423 g/mol. The van der Waals surface area contributed by atoms with Crippen molar-refractivity contribution in [2.75, 3.05) is 26.2 Å². The van der Waals surface area contributed by atoms with Gasteiger partial charge in [0.25, 0.3) is 0 Å². The van der Waals surface area contributed by atoms with Gasteiger partial charge in [-0.3, -0.25) is 14.8 Å². The quantitative estimate of drug-likeness (QED) is 0.665. The van der Waals surface area contributed by atoms with Crippen LogP contribution in [-0.2, 0) is 6.42 Å². The summed E-state index contributed by atoms with van der Waals surface area (Å²) < 4.78 is 8.41. The first-order valence-corrected chi connectivity index (χ1v) is 13.0. The third-order valence-electron chi connectivity index (χ3n) is 9.23. The van der Waals surface area contributed by atoms with Crippen LogP contribution in [0.25, 0.3) is 0 Å². The van der Waals surface area contributed by atoms with Gasteiger partial charge >= 0.3 is 5.96 Å². The highest BCUT2D eigenvalue weighted by atomic mass is 16.5. The van der Waals surface area contributed by atoms with Crippen molar-refractivity contribution < 1.29 is 9.31 Å². The zero-order chi connectivity index (χ0) is 21.0. The van der Waals surface area contributed by atoms with E-state index in [9.17, 15) is 0 Å². The number of hydrogen-bond acceptors (Lipinski definition) is 3. The van der Waals surface area contributed by atoms with Gasteiger partial charge in [-0.1, -0.05) is 12.1 Å². The molecule has 4 aliphatic carbocycles. The van der Waals surface area contributed by atoms with Crippen LogP contribution >= 0.6 is 0 Å². The largest absolute Gasteiger partial charge is 0.494 e. The van der Waals surface area contributed by atoms with Crippen LogP contribution < -0.4 is 10.1 Å². The van der Waals surface area contributed by atoms with Crippen LogP contribution in [0.4, 0.5) is 0 Å². The van der Waals surface area contributed by atoms with Gasteiger partial charge < -0.3 is 4.74 Å². The van der Waals surface area contributed by atoms with E-state index in [2.05, 4.69) is 46.0 Å². The Morgan fingerprint density at radius 2 is 1.74 bits per heavy atom. The van der Waals surface area contributed by atoms with Gasteiger partial charge in [-0.05, 0) is 99.7 Å². The molecule has 0 aromatic heterocycles. The van der Waals surface area contributed by atoms with Crippen molar-refractivity contribution >= 4 is 5.96 Å². The molecule has 4 saturated carbocycles. The summed E-state index contributed by atoms with van der Waals surface area (Å²) in [5.41, 5.74) is 2.10. The minimum atomic E-state index is 0.581. The van der Waals surface area contributed by atoms with Crippen LogP contribution in [0.3, 0.4) is 0 Å². The Morgan fingerprint density at radius 1 is 1.06 bits per heavy atom. The molecule has 1 aromatic rings. The van der Waals surface area contributed by atoms with E-state index in [-0.39, 0.29) is 0 Å². The second-order valence-electron chi connectivity index (χ2n) is 11.5. The van der Waals surface area contributed by atoms with E-state index >= 15 is 0 Å². The van der Waals surface area contributed by atoms with Crippen LogP contribution in [-0.4, -0.2) is 53.8 Å². The molecule has 4 bridgehead atoms. The van der Waals surface area contributed by atoms with Crippen molar-refractivity contribution in [2.24, 2.45) is 23.2 Å². The number of hydrogen-bond donors (Lipinski definition) is 1. The zero-order valence-corrected chi connectivity index (χ0v) is 19.5. The number of benzene rings is 1. The molecular formula is C27H40N3O+. The van der Waals surface area contributed by atoms with Gasteiger partial charge in [-0.2, -0.15) is 0 Å². The Morgan fingerprint density at radius 3 is 2.39 bits per heavy atom. The normalized spacial score (nSPS) is 38.0. The summed E-state index contributed by atoms with van der Waals surface area (Å²) >= 11 is 0. The molecule has 0 amide bonds. The molecule has 4 heteroatoms. The zero-order valence-electron chi connectivity index (χ0n) is 19.5. The minimum absolute atomic E-state index is 0.581. The molecule has 5 fully saturated rings. The molecule has 2 aliphatic heterocycles. The van der Waals surface area contributed by atoms with Crippen molar-refractivity contribution in [3.8, 4) is 5.75 Å². The molecular weight excluding hydrogens is 382 g/mol. The van der Waals surface area contributed by atoms with Crippen molar-refractivity contribution in [3.05, 3.63) is 29.8 Å². The summed E-state index contributed by atoms with van der Waals surface area (Å²) in [6.07, 6.45) is 11.8. The van der Waals surface area contributed by atoms with Crippen molar-refractivity contribution in [3.63, 3.8) is 0 Å². The Balaban J connectivity index is 1.19. The fraction of sp³-hybridized carbons (Fsp3) is 0.741. The van der Waals surface area contributed by atoms with Gasteiger partial charge in [0.1, 0.15) is 24.4 Å². The lowest BCUT2D eigenvalue weighted by atomic mass is 9.49. The number of guanidine groups is 1. The van der Waals surface area contributed by atoms with Gasteiger partial charge in [0.2, 0.25) is 0 Å². The lowest BCUT2D eigenvalue weighted by Crippen LogP contribution is -2.47. The molecule has 168 valence electrons. The number of fused-ring (bicyclic) bond motifs is 1. The van der Waals surface area contributed by atoms with E-state index < -0.39 is 0 Å². The molecule has 2 heterocycles. The molecule has 0 spiro atoms. The number of ether oxygens (including phenoxy) is 1. The summed E-state index contributed by atoms with van der Waals surface area (Å²) in [5, 5.41) is 3.77. The molecule has 1 N–H and O–H groups in total. The minimum Gasteiger partial charge on any atom is -0.494 e. The molecule has 7 rings (SSSR count). The smallest absolute Gasteiger partial charge is 0.349 e. The highest BCUT2D eigenvalue weighted by molar-refractivity contribution is 5.78. The van der Waals surface area contributed by atoms with Crippen LogP contribution in [0, 0.1) is 23.2 Å². The lowest BCUT2D eigenvalue weighted by molar-refractivity contribution is -0.560. The highest BCUT2D eigenvalue weighted by Gasteiger charge is 2.51. The van der Waals surface area contributed by atoms with Gasteiger partial charge in [0.15, 0.2) is 0 Å². The van der Waals surface area contributed by atoms with Crippen LogP contribution in [0.15, 0.2) is 24.3 Å². The fourth-order valence-electron chi connectivity index (χ4n) is 8.27. The van der Waals surface area contributed by atoms with Crippen molar-refractivity contribution in [1.29, 1.82) is 0 Å². The molecule has 31 heavy (non-hydrogen) atoms. The molecule has 2 unspecified atom stereocenters. The van der Waals surface area contributed by atoms with Gasteiger partial charge in [-0.15, -0.1) is 0 Å². The maximum Gasteiger partial charge on any atom is 0.349 e. The molecule has 1 saturated heterocycles. The molecule has 2 atom stereocenters. The first-order valence-electron chi connectivity index (χ1n) is 13.0. The monoisotopic (exact) mass is 422 g/mol. The maximum atomic E-state index is 5.65. The number of nitrogens with zero attached hydrogens (tertiary/aromatic N) is 2. The first kappa shape index (κ1) is 19.9. The van der Waals surface area contributed by atoms with Crippen molar-refractivity contribution in [1.82, 2.24) is 10.2 Å². The maximum absolute atomic E-state index is 5.65. The molecule has 0 radical (unpaired) electrons. The topological polar surface area (TPSA) is 27.5 Å². The second kappa shape index (κ2) is 7.71. The van der Waals surface area contributed by atoms with E-state index in [0.717, 1.165) is 49.6 Å². The van der Waals surface area contributed by atoms with E-state index in [4.69, 9.17) is 4.74 Å². The average Bonchev–Trinajstić information content (AvgIpc) is 3.26. The lowest BCUT2D eigenvalue weighted by Gasteiger charge is -2.57. The molecule has 4 nitrogen and oxygen atoms in total. The summed E-state index contributed by atoms with van der Waals surface area (Å²) in [4.78, 5) is 2.64. The molecule has 6 aliphatic rings. The Kier molecular flexibility index (Phi) is 4.96. The Bertz CT molecular complexity index is 809. The number of nitrogens with one attached hydrogen (secondary N) is 1. The van der Waals surface area contributed by atoms with E-state index in [1.807, 2.05) is 6.92 Å². The highest BCUT2D eigenvalue weighted by Crippen LogP contribution is 2.61. The van der Waals surface area contributed by atoms with Gasteiger partial charge in [-0.25, -0.2) is 0 Å². The summed E-state index contributed by atoms with van der Waals surface area (Å²) in [6.45, 7) is 8.65. The summed E-state index contributed by atoms with van der Waals surface area (Å²) in [7, 11) is 0. The predicted octanol–water partition coefficient (Wildman–Crippen LogP) is 4.28. The molecule has 1 aromatic carbocycles. The summed E-state index contributed by atoms with van der Waals surface area (Å²) in [6, 6.07) is 10.0. The Labute approximate surface area is 188 Å². The van der Waals surface area contributed by atoms with E-state index in [1.54, 1.807) is 19.3 Å². The van der Waals surface area contributed by atoms with Gasteiger partial charge in [0, 0.05) is 6.42 Å². The van der Waals surface area contributed by atoms with Crippen molar-refractivity contribution in [2.45, 2.75) is 77.3 Å². The standard InChI is InChI=1S/C27H39N3O/c1-3-31-25-6-4-20(5-7-25)13-24-18-30-19(2)17-28-26(30)29(24)9-8-27-14-21-10-22(15-27)12-23(11-21)16-27/h4-7,19,21-24H,3,8-18H2,1-2H3/p+1. The predicted molar refractivity (Wildman–Crippen MR) is 125 cm³/mol. The SMILES string of the molecule is CCOc1ccc(CC2CN3C(=[N+]2CCC24CC5CC(CC(C5)C2)C4)NCC3C)cc1. The Hall–Kier alpha value is -1.71. The third kappa shape index (κ3) is 3.64. The second-order valence-corrected chi connectivity index (χ2v) is 11.5. The van der Waals surface area contributed by atoms with Crippen LogP contribution in [0.1, 0.15) is 64.4 Å². The number of rotatable bonds is 7. The summed E-state index contributed by atoms with van der Waals surface area (Å²) in [5.74, 6) is 5.57. The fourth-order valence-corrected chi connectivity index (χ4v) is 8.27. The van der Waals surface area contributed by atoms with E-state index in [1.165, 1.54) is 43.8 Å². The van der Waals surface area contributed by atoms with Crippen LogP contribution in [0.2, 0.25) is 0 Å². The van der Waals surface area contributed by atoms with Crippen LogP contribution in [0.5, 0.6) is 5.75 Å². The third-order valence-corrected chi connectivity index (χ3v) is 9.23. The van der Waals surface area contributed by atoms with E-state index in [0.29, 0.717) is 17.5 Å². The first-order chi connectivity index (χ1) is 15.1. The van der Waals surface area contributed by atoms with Gasteiger partial charge in [0.05, 0.1) is 19.7 Å².